The van der Waals surface area contributed by atoms with E-state index in [1.165, 1.54) is 37.0 Å². The predicted octanol–water partition coefficient (Wildman–Crippen LogP) is 5.43. The molecule has 0 aliphatic heterocycles. The molecular weight excluding hydrogens is 232 g/mol. The van der Waals surface area contributed by atoms with Gasteiger partial charge in [0.05, 0.1) is 4.21 Å². The fourth-order valence-electron chi connectivity index (χ4n) is 1.91. The normalized spacial score (nSPS) is 13.3. The highest BCUT2D eigenvalue weighted by molar-refractivity contribution is 7.82. The zero-order valence-corrected chi connectivity index (χ0v) is 12.4. The predicted molar refractivity (Wildman–Crippen MR) is 77.7 cm³/mol. The van der Waals surface area contributed by atoms with Crippen LogP contribution in [0.1, 0.15) is 51.3 Å². The minimum Gasteiger partial charge on any atom is -0.134 e. The largest absolute Gasteiger partial charge is 0.134 e. The van der Waals surface area contributed by atoms with Crippen LogP contribution < -0.4 is 0 Å². The number of hydrogen-bond acceptors (Lipinski definition) is 2. The van der Waals surface area contributed by atoms with Gasteiger partial charge in [0.1, 0.15) is 0 Å². The Hall–Kier alpha value is 0.0500. The summed E-state index contributed by atoms with van der Waals surface area (Å²) in [6.45, 7) is 7.00. The van der Waals surface area contributed by atoms with Gasteiger partial charge >= 0.3 is 0 Å². The topological polar surface area (TPSA) is 0 Å². The van der Waals surface area contributed by atoms with Crippen molar-refractivity contribution >= 4 is 24.0 Å². The first-order chi connectivity index (χ1) is 7.58. The summed E-state index contributed by atoms with van der Waals surface area (Å²) in [6, 6.07) is 4.32. The van der Waals surface area contributed by atoms with Crippen LogP contribution in [0, 0.1) is 11.8 Å². The Kier molecular flexibility index (Phi) is 6.52. The first kappa shape index (κ1) is 14.1. The second-order valence-electron chi connectivity index (χ2n) is 5.21. The highest BCUT2D eigenvalue weighted by Gasteiger charge is 2.05. The lowest BCUT2D eigenvalue weighted by atomic mass is 9.96. The van der Waals surface area contributed by atoms with E-state index in [2.05, 4.69) is 45.5 Å². The maximum absolute atomic E-state index is 4.35. The minimum atomic E-state index is 0.858. The molecule has 16 heavy (non-hydrogen) atoms. The van der Waals surface area contributed by atoms with E-state index in [-0.39, 0.29) is 0 Å². The molecule has 1 aromatic rings. The highest BCUT2D eigenvalue weighted by atomic mass is 32.2. The fourth-order valence-corrected chi connectivity index (χ4v) is 3.10. The molecule has 0 spiro atoms. The molecule has 0 nitrogen and oxygen atoms in total. The molecule has 0 saturated carbocycles. The molecule has 0 aromatic carbocycles. The average Bonchev–Trinajstić information content (AvgIpc) is 2.61. The summed E-state index contributed by atoms with van der Waals surface area (Å²) in [5.41, 5.74) is 0. The molecule has 1 unspecified atom stereocenters. The fraction of sp³-hybridized carbons (Fsp3) is 0.714. The Balaban J connectivity index is 2.12. The molecule has 92 valence electrons. The quantitative estimate of drug-likeness (QED) is 0.618. The van der Waals surface area contributed by atoms with Gasteiger partial charge in [-0.2, -0.15) is 0 Å². The minimum absolute atomic E-state index is 0.858. The third-order valence-electron chi connectivity index (χ3n) is 3.01. The number of thiophene rings is 1. The van der Waals surface area contributed by atoms with Gasteiger partial charge in [-0.05, 0) is 36.8 Å². The van der Waals surface area contributed by atoms with E-state index in [9.17, 15) is 0 Å². The molecular formula is C14H24S2. The van der Waals surface area contributed by atoms with Gasteiger partial charge in [0, 0.05) is 4.88 Å². The van der Waals surface area contributed by atoms with Crippen molar-refractivity contribution in [1.82, 2.24) is 0 Å². The summed E-state index contributed by atoms with van der Waals surface area (Å²) >= 11 is 6.17. The molecule has 0 saturated heterocycles. The Bertz CT molecular complexity index is 289. The highest BCUT2D eigenvalue weighted by Crippen LogP contribution is 2.23. The summed E-state index contributed by atoms with van der Waals surface area (Å²) in [4.78, 5) is 1.49. The van der Waals surface area contributed by atoms with Gasteiger partial charge in [0.15, 0.2) is 0 Å². The van der Waals surface area contributed by atoms with Crippen LogP contribution >= 0.6 is 24.0 Å². The summed E-state index contributed by atoms with van der Waals surface area (Å²) in [6.07, 6.45) is 6.71. The zero-order valence-electron chi connectivity index (χ0n) is 10.7. The van der Waals surface area contributed by atoms with Crippen LogP contribution in [0.25, 0.3) is 0 Å². The summed E-state index contributed by atoms with van der Waals surface area (Å²) < 4.78 is 1.14. The lowest BCUT2D eigenvalue weighted by Crippen LogP contribution is -1.98. The maximum atomic E-state index is 4.35. The summed E-state index contributed by atoms with van der Waals surface area (Å²) in [5.74, 6) is 1.72. The first-order valence-corrected chi connectivity index (χ1v) is 7.62. The van der Waals surface area contributed by atoms with Crippen molar-refractivity contribution in [3.8, 4) is 0 Å². The van der Waals surface area contributed by atoms with Gasteiger partial charge in [0.2, 0.25) is 0 Å². The van der Waals surface area contributed by atoms with Crippen LogP contribution in [0.5, 0.6) is 0 Å². The smallest absolute Gasteiger partial charge is 0.0570 e. The molecule has 2 heteroatoms. The van der Waals surface area contributed by atoms with Crippen LogP contribution in [0.2, 0.25) is 0 Å². The number of thiol groups is 1. The van der Waals surface area contributed by atoms with Crippen molar-refractivity contribution in [3.05, 3.63) is 17.0 Å². The maximum Gasteiger partial charge on any atom is 0.0570 e. The van der Waals surface area contributed by atoms with E-state index in [1.54, 1.807) is 0 Å². The van der Waals surface area contributed by atoms with Crippen LogP contribution in [-0.2, 0) is 6.42 Å². The van der Waals surface area contributed by atoms with Gasteiger partial charge in [-0.1, -0.05) is 40.0 Å². The second-order valence-corrected chi connectivity index (χ2v) is 7.16. The van der Waals surface area contributed by atoms with E-state index in [0.717, 1.165) is 16.0 Å². The van der Waals surface area contributed by atoms with Crippen molar-refractivity contribution in [2.24, 2.45) is 11.8 Å². The SMILES string of the molecule is CC(C)CCCC(C)CCc1ccc(S)s1. The molecule has 0 radical (unpaired) electrons. The molecule has 0 amide bonds. The molecule has 0 aliphatic carbocycles. The van der Waals surface area contributed by atoms with Crippen LogP contribution in [0.4, 0.5) is 0 Å². The van der Waals surface area contributed by atoms with Crippen LogP contribution in [0.15, 0.2) is 16.3 Å². The average molecular weight is 256 g/mol. The van der Waals surface area contributed by atoms with Crippen molar-refractivity contribution < 1.29 is 0 Å². The van der Waals surface area contributed by atoms with Crippen LogP contribution in [-0.4, -0.2) is 0 Å². The number of hydrogen-bond donors (Lipinski definition) is 1. The monoisotopic (exact) mass is 256 g/mol. The Morgan fingerprint density at radius 2 is 1.88 bits per heavy atom. The molecule has 0 N–H and O–H groups in total. The molecule has 0 bridgehead atoms. The van der Waals surface area contributed by atoms with Crippen molar-refractivity contribution in [2.45, 2.75) is 57.1 Å². The van der Waals surface area contributed by atoms with E-state index in [0.29, 0.717) is 0 Å². The third kappa shape index (κ3) is 5.95. The van der Waals surface area contributed by atoms with Gasteiger partial charge in [-0.15, -0.1) is 24.0 Å². The molecule has 1 heterocycles. The van der Waals surface area contributed by atoms with E-state index >= 15 is 0 Å². The van der Waals surface area contributed by atoms with Gasteiger partial charge in [0.25, 0.3) is 0 Å². The van der Waals surface area contributed by atoms with Crippen molar-refractivity contribution in [3.63, 3.8) is 0 Å². The standard InChI is InChI=1S/C14H24S2/c1-11(2)5-4-6-12(3)7-8-13-9-10-14(15)16-13/h9-12,15H,4-8H2,1-3H3. The molecule has 0 aliphatic rings. The summed E-state index contributed by atoms with van der Waals surface area (Å²) in [5, 5.41) is 0. The van der Waals surface area contributed by atoms with E-state index in [1.807, 2.05) is 11.3 Å². The lowest BCUT2D eigenvalue weighted by molar-refractivity contribution is 0.438. The zero-order chi connectivity index (χ0) is 12.0. The number of rotatable bonds is 7. The molecule has 1 atom stereocenters. The Morgan fingerprint density at radius 1 is 1.12 bits per heavy atom. The lowest BCUT2D eigenvalue weighted by Gasteiger charge is -2.11. The molecule has 0 fully saturated rings. The van der Waals surface area contributed by atoms with E-state index < -0.39 is 0 Å². The number of aryl methyl sites for hydroxylation is 1. The van der Waals surface area contributed by atoms with Crippen molar-refractivity contribution in [1.29, 1.82) is 0 Å². The summed E-state index contributed by atoms with van der Waals surface area (Å²) in [7, 11) is 0. The third-order valence-corrected chi connectivity index (χ3v) is 4.38. The van der Waals surface area contributed by atoms with Gasteiger partial charge in [-0.3, -0.25) is 0 Å². The van der Waals surface area contributed by atoms with E-state index in [4.69, 9.17) is 0 Å². The van der Waals surface area contributed by atoms with Crippen LogP contribution in [0.3, 0.4) is 0 Å². The molecule has 1 rings (SSSR count). The molecule has 1 aromatic heterocycles. The van der Waals surface area contributed by atoms with Gasteiger partial charge < -0.3 is 0 Å². The van der Waals surface area contributed by atoms with Gasteiger partial charge in [-0.25, -0.2) is 0 Å². The van der Waals surface area contributed by atoms with Crippen molar-refractivity contribution in [2.75, 3.05) is 0 Å². The first-order valence-electron chi connectivity index (χ1n) is 6.35. The second kappa shape index (κ2) is 7.39. The Labute approximate surface area is 110 Å². The Morgan fingerprint density at radius 3 is 2.44 bits per heavy atom.